The molecule has 0 atom stereocenters. The zero-order chi connectivity index (χ0) is 9.84. The summed E-state index contributed by atoms with van der Waals surface area (Å²) in [7, 11) is -2.83. The average Bonchev–Trinajstić information content (AvgIpc) is 2.16. The van der Waals surface area contributed by atoms with Gasteiger partial charge in [0.05, 0.1) is 10.5 Å². The number of carbonyl (C=O) groups is 1. The number of nitrogens with one attached hydrogen (secondary N) is 1. The minimum absolute atomic E-state index is 0.0684. The Balaban J connectivity index is 3.27. The number of hydroxylamine groups is 1. The SMILES string of the molecule is O=C(NO)c1ccccc1[SH](=O)=O. The Morgan fingerprint density at radius 3 is 2.46 bits per heavy atom. The number of amides is 1. The zero-order valence-corrected chi connectivity index (χ0v) is 7.32. The predicted octanol–water partition coefficient (Wildman–Crippen LogP) is -0.224. The number of hydrogen-bond donors (Lipinski definition) is 3. The quantitative estimate of drug-likeness (QED) is 0.351. The van der Waals surface area contributed by atoms with Crippen molar-refractivity contribution in [3.8, 4) is 0 Å². The molecule has 0 aromatic heterocycles. The Labute approximate surface area is 75.9 Å². The molecule has 0 heterocycles. The van der Waals surface area contributed by atoms with Gasteiger partial charge >= 0.3 is 0 Å². The standard InChI is InChI=1S/C7H7NO4S/c9-7(8-10)5-3-1-2-4-6(5)13(11)12/h1-4,10,13H,(H,8,9). The molecule has 0 fully saturated rings. The second-order valence-electron chi connectivity index (χ2n) is 2.22. The summed E-state index contributed by atoms with van der Waals surface area (Å²) >= 11 is 0. The van der Waals surface area contributed by atoms with E-state index < -0.39 is 16.6 Å². The Hall–Kier alpha value is -1.40. The summed E-state index contributed by atoms with van der Waals surface area (Å²) in [5, 5.41) is 8.30. The van der Waals surface area contributed by atoms with Gasteiger partial charge in [-0.05, 0) is 12.1 Å². The maximum Gasteiger partial charge on any atom is 0.275 e. The number of rotatable bonds is 2. The van der Waals surface area contributed by atoms with Crippen molar-refractivity contribution >= 4 is 16.6 Å². The molecule has 1 rings (SSSR count). The van der Waals surface area contributed by atoms with Gasteiger partial charge in [0.15, 0.2) is 10.7 Å². The van der Waals surface area contributed by atoms with E-state index in [1.807, 2.05) is 0 Å². The first kappa shape index (κ1) is 9.69. The van der Waals surface area contributed by atoms with Crippen LogP contribution < -0.4 is 5.48 Å². The molecular formula is C7H7NO4S. The van der Waals surface area contributed by atoms with E-state index in [-0.39, 0.29) is 10.5 Å². The van der Waals surface area contributed by atoms with Crippen LogP contribution in [0.3, 0.4) is 0 Å². The first-order valence-electron chi connectivity index (χ1n) is 3.34. The van der Waals surface area contributed by atoms with E-state index in [1.54, 1.807) is 0 Å². The van der Waals surface area contributed by atoms with E-state index in [0.29, 0.717) is 0 Å². The molecule has 0 aliphatic carbocycles. The second kappa shape index (κ2) is 4.01. The van der Waals surface area contributed by atoms with Crippen LogP contribution >= 0.6 is 0 Å². The van der Waals surface area contributed by atoms with Crippen molar-refractivity contribution in [1.29, 1.82) is 0 Å². The van der Waals surface area contributed by atoms with Crippen molar-refractivity contribution in [1.82, 2.24) is 5.48 Å². The van der Waals surface area contributed by atoms with Gasteiger partial charge in [-0.3, -0.25) is 10.0 Å². The molecular weight excluding hydrogens is 194 g/mol. The molecule has 1 aromatic carbocycles. The van der Waals surface area contributed by atoms with Crippen molar-refractivity contribution in [2.24, 2.45) is 0 Å². The van der Waals surface area contributed by atoms with Crippen LogP contribution in [0.25, 0.3) is 0 Å². The number of hydrogen-bond acceptors (Lipinski definition) is 4. The first-order valence-corrected chi connectivity index (χ1v) is 4.52. The van der Waals surface area contributed by atoms with Gasteiger partial charge in [-0.25, -0.2) is 13.9 Å². The first-order chi connectivity index (χ1) is 6.16. The summed E-state index contributed by atoms with van der Waals surface area (Å²) in [5.74, 6) is -0.838. The van der Waals surface area contributed by atoms with Gasteiger partial charge in [-0.1, -0.05) is 12.1 Å². The van der Waals surface area contributed by atoms with E-state index in [2.05, 4.69) is 0 Å². The van der Waals surface area contributed by atoms with Crippen LogP contribution in [-0.4, -0.2) is 19.5 Å². The van der Waals surface area contributed by atoms with Gasteiger partial charge in [-0.2, -0.15) is 0 Å². The van der Waals surface area contributed by atoms with E-state index in [4.69, 9.17) is 5.21 Å². The number of carbonyl (C=O) groups excluding carboxylic acids is 1. The van der Waals surface area contributed by atoms with Crippen molar-refractivity contribution in [3.63, 3.8) is 0 Å². The average molecular weight is 201 g/mol. The molecule has 13 heavy (non-hydrogen) atoms. The molecule has 1 amide bonds. The monoisotopic (exact) mass is 201 g/mol. The van der Waals surface area contributed by atoms with Gasteiger partial charge in [-0.15, -0.1) is 0 Å². The van der Waals surface area contributed by atoms with E-state index >= 15 is 0 Å². The van der Waals surface area contributed by atoms with E-state index in [1.165, 1.54) is 29.7 Å². The highest BCUT2D eigenvalue weighted by Gasteiger charge is 2.10. The maximum atomic E-state index is 10.9. The lowest BCUT2D eigenvalue weighted by atomic mass is 10.2. The van der Waals surface area contributed by atoms with E-state index in [0.717, 1.165) is 0 Å². The van der Waals surface area contributed by atoms with Gasteiger partial charge in [0.25, 0.3) is 5.91 Å². The summed E-state index contributed by atoms with van der Waals surface area (Å²) < 4.78 is 21.2. The van der Waals surface area contributed by atoms with Crippen molar-refractivity contribution < 1.29 is 18.4 Å². The Morgan fingerprint density at radius 1 is 1.31 bits per heavy atom. The lowest BCUT2D eigenvalue weighted by molar-refractivity contribution is 0.0703. The van der Waals surface area contributed by atoms with Crippen LogP contribution in [0.4, 0.5) is 0 Å². The molecule has 0 saturated heterocycles. The fourth-order valence-electron chi connectivity index (χ4n) is 0.885. The molecule has 0 bridgehead atoms. The second-order valence-corrected chi connectivity index (χ2v) is 3.21. The molecule has 1 aromatic rings. The van der Waals surface area contributed by atoms with Crippen molar-refractivity contribution in [2.75, 3.05) is 0 Å². The maximum absolute atomic E-state index is 10.9. The minimum atomic E-state index is -2.83. The molecule has 6 heteroatoms. The van der Waals surface area contributed by atoms with Gasteiger partial charge in [0.1, 0.15) is 0 Å². The third-order valence-electron chi connectivity index (χ3n) is 1.45. The highest BCUT2D eigenvalue weighted by molar-refractivity contribution is 7.72. The summed E-state index contributed by atoms with van der Waals surface area (Å²) in [5.41, 5.74) is 1.30. The van der Waals surface area contributed by atoms with Gasteiger partial charge in [0, 0.05) is 0 Å². The normalized spacial score (nSPS) is 10.0. The summed E-state index contributed by atoms with van der Waals surface area (Å²) in [6.07, 6.45) is 0. The third kappa shape index (κ3) is 2.04. The van der Waals surface area contributed by atoms with Crippen molar-refractivity contribution in [2.45, 2.75) is 4.90 Å². The molecule has 0 aliphatic heterocycles. The van der Waals surface area contributed by atoms with Crippen molar-refractivity contribution in [3.05, 3.63) is 29.8 Å². The molecule has 0 saturated carbocycles. The van der Waals surface area contributed by atoms with Crippen LogP contribution in [0.1, 0.15) is 10.4 Å². The van der Waals surface area contributed by atoms with Crippen LogP contribution in [0.15, 0.2) is 29.2 Å². The Bertz CT molecular complexity index is 391. The number of thiol groups is 1. The van der Waals surface area contributed by atoms with Crippen LogP contribution in [0.2, 0.25) is 0 Å². The molecule has 2 N–H and O–H groups in total. The lowest BCUT2D eigenvalue weighted by Crippen LogP contribution is -2.19. The summed E-state index contributed by atoms with van der Waals surface area (Å²) in [4.78, 5) is 10.8. The molecule has 0 radical (unpaired) electrons. The zero-order valence-electron chi connectivity index (χ0n) is 6.43. The Kier molecular flexibility index (Phi) is 2.99. The minimum Gasteiger partial charge on any atom is -0.288 e. The smallest absolute Gasteiger partial charge is 0.275 e. The fourth-order valence-corrected chi connectivity index (χ4v) is 1.47. The molecule has 5 nitrogen and oxygen atoms in total. The van der Waals surface area contributed by atoms with Crippen LogP contribution in [0.5, 0.6) is 0 Å². The predicted molar refractivity (Wildman–Crippen MR) is 44.3 cm³/mol. The van der Waals surface area contributed by atoms with Crippen LogP contribution in [-0.2, 0) is 10.7 Å². The van der Waals surface area contributed by atoms with Gasteiger partial charge < -0.3 is 0 Å². The van der Waals surface area contributed by atoms with Crippen LogP contribution in [0, 0.1) is 0 Å². The third-order valence-corrected chi connectivity index (χ3v) is 2.23. The summed E-state index contributed by atoms with van der Waals surface area (Å²) in [6, 6.07) is 5.60. The molecule has 0 unspecified atom stereocenters. The summed E-state index contributed by atoms with van der Waals surface area (Å²) in [6.45, 7) is 0. The fraction of sp³-hybridized carbons (Fsp3) is 0. The number of benzene rings is 1. The lowest BCUT2D eigenvalue weighted by Gasteiger charge is -2.00. The molecule has 0 spiro atoms. The highest BCUT2D eigenvalue weighted by Crippen LogP contribution is 2.09. The molecule has 70 valence electrons. The van der Waals surface area contributed by atoms with Gasteiger partial charge in [0.2, 0.25) is 0 Å². The topological polar surface area (TPSA) is 83.5 Å². The Morgan fingerprint density at radius 2 is 1.92 bits per heavy atom. The largest absolute Gasteiger partial charge is 0.288 e. The van der Waals surface area contributed by atoms with E-state index in [9.17, 15) is 13.2 Å². The molecule has 0 aliphatic rings. The highest BCUT2D eigenvalue weighted by atomic mass is 32.2.